The third-order valence-electron chi connectivity index (χ3n) is 3.99. The van der Waals surface area contributed by atoms with Gasteiger partial charge < -0.3 is 19.8 Å². The van der Waals surface area contributed by atoms with Crippen LogP contribution < -0.4 is 0 Å². The van der Waals surface area contributed by atoms with Crippen molar-refractivity contribution >= 4 is 11.9 Å². The van der Waals surface area contributed by atoms with E-state index in [1.54, 1.807) is 0 Å². The van der Waals surface area contributed by atoms with Gasteiger partial charge in [0.25, 0.3) is 0 Å². The summed E-state index contributed by atoms with van der Waals surface area (Å²) in [5, 5.41) is 19.9. The summed E-state index contributed by atoms with van der Waals surface area (Å²) in [6, 6.07) is 0. The lowest BCUT2D eigenvalue weighted by Crippen LogP contribution is -2.72. The largest absolute Gasteiger partial charge is 0.481 e. The Morgan fingerprint density at radius 2 is 1.76 bits per heavy atom. The van der Waals surface area contributed by atoms with Crippen LogP contribution in [-0.4, -0.2) is 58.9 Å². The molecular weight excluding hydrogens is 226 g/mol. The van der Waals surface area contributed by atoms with Gasteiger partial charge in [-0.3, -0.25) is 9.59 Å². The number of hydrogen-bond donors (Lipinski definition) is 2. The van der Waals surface area contributed by atoms with E-state index in [4.69, 9.17) is 4.74 Å². The minimum Gasteiger partial charge on any atom is -0.481 e. The number of ether oxygens (including phenoxy) is 1. The van der Waals surface area contributed by atoms with Gasteiger partial charge in [-0.2, -0.15) is 0 Å². The Balaban J connectivity index is 2.19. The monoisotopic (exact) mass is 243 g/mol. The van der Waals surface area contributed by atoms with E-state index in [-0.39, 0.29) is 19.0 Å². The molecular formula is C11H17NO5. The highest BCUT2D eigenvalue weighted by molar-refractivity contribution is 5.83. The predicted molar refractivity (Wildman–Crippen MR) is 57.3 cm³/mol. The van der Waals surface area contributed by atoms with Crippen LogP contribution in [0.2, 0.25) is 0 Å². The lowest BCUT2D eigenvalue weighted by Gasteiger charge is -2.56. The maximum Gasteiger partial charge on any atom is 0.316 e. The molecule has 0 aliphatic carbocycles. The first-order valence-corrected chi connectivity index (χ1v) is 5.70. The van der Waals surface area contributed by atoms with Gasteiger partial charge in [-0.15, -0.1) is 0 Å². The average molecular weight is 243 g/mol. The predicted octanol–water partition coefficient (Wildman–Crippen LogP) is -0.539. The Kier molecular flexibility index (Phi) is 2.87. The van der Waals surface area contributed by atoms with Crippen molar-refractivity contribution in [2.75, 3.05) is 26.3 Å². The fourth-order valence-electron chi connectivity index (χ4n) is 2.64. The fourth-order valence-corrected chi connectivity index (χ4v) is 2.64. The van der Waals surface area contributed by atoms with Crippen LogP contribution in [0.15, 0.2) is 0 Å². The number of carboxylic acid groups (broad SMARTS) is 1. The van der Waals surface area contributed by atoms with Gasteiger partial charge in [-0.05, 0) is 0 Å². The van der Waals surface area contributed by atoms with Gasteiger partial charge in [0.1, 0.15) is 5.41 Å². The molecule has 0 radical (unpaired) electrons. The summed E-state index contributed by atoms with van der Waals surface area (Å²) in [5.41, 5.74) is -2.48. The van der Waals surface area contributed by atoms with Gasteiger partial charge in [-0.25, -0.2) is 0 Å². The number of nitrogens with zero attached hydrogens (tertiary/aromatic N) is 1. The molecule has 0 bridgehead atoms. The van der Waals surface area contributed by atoms with Gasteiger partial charge in [-0.1, -0.05) is 0 Å². The SMILES string of the molecule is CC(=O)N1CC(C(=O)O)(C2(O)CCOCC2)C1. The average Bonchev–Trinajstić information content (AvgIpc) is 2.15. The first-order valence-electron chi connectivity index (χ1n) is 5.70. The van der Waals surface area contributed by atoms with Crippen molar-refractivity contribution < 1.29 is 24.5 Å². The van der Waals surface area contributed by atoms with Crippen LogP contribution in [0.1, 0.15) is 19.8 Å². The highest BCUT2D eigenvalue weighted by Gasteiger charge is 2.63. The molecule has 17 heavy (non-hydrogen) atoms. The Morgan fingerprint density at radius 1 is 1.24 bits per heavy atom. The summed E-state index contributed by atoms with van der Waals surface area (Å²) in [4.78, 5) is 24.0. The zero-order valence-electron chi connectivity index (χ0n) is 9.81. The van der Waals surface area contributed by atoms with Gasteiger partial charge in [0.15, 0.2) is 0 Å². The number of carbonyl (C=O) groups is 2. The third kappa shape index (κ3) is 1.71. The quantitative estimate of drug-likeness (QED) is 0.680. The maximum atomic E-state index is 11.4. The summed E-state index contributed by atoms with van der Waals surface area (Å²) in [6.07, 6.45) is 0.621. The van der Waals surface area contributed by atoms with E-state index in [1.165, 1.54) is 11.8 Å². The van der Waals surface area contributed by atoms with Crippen LogP contribution in [0.25, 0.3) is 0 Å². The summed E-state index contributed by atoms with van der Waals surface area (Å²) in [5.74, 6) is -1.18. The van der Waals surface area contributed by atoms with E-state index in [2.05, 4.69) is 0 Å². The van der Waals surface area contributed by atoms with E-state index in [0.717, 1.165) is 0 Å². The first-order chi connectivity index (χ1) is 7.91. The minimum absolute atomic E-state index is 0.0914. The van der Waals surface area contributed by atoms with E-state index >= 15 is 0 Å². The van der Waals surface area contributed by atoms with Crippen LogP contribution in [0, 0.1) is 5.41 Å². The molecule has 0 unspecified atom stereocenters. The Bertz CT molecular complexity index is 342. The molecule has 0 aromatic heterocycles. The highest BCUT2D eigenvalue weighted by Crippen LogP contribution is 2.46. The van der Waals surface area contributed by atoms with E-state index in [9.17, 15) is 19.8 Å². The van der Waals surface area contributed by atoms with Gasteiger partial charge in [0.05, 0.1) is 5.60 Å². The van der Waals surface area contributed by atoms with Crippen molar-refractivity contribution in [2.45, 2.75) is 25.4 Å². The van der Waals surface area contributed by atoms with Crippen LogP contribution in [0.5, 0.6) is 0 Å². The number of aliphatic carboxylic acids is 1. The number of aliphatic hydroxyl groups is 1. The highest BCUT2D eigenvalue weighted by atomic mass is 16.5. The normalized spacial score (nSPS) is 26.1. The van der Waals surface area contributed by atoms with Crippen molar-refractivity contribution in [3.63, 3.8) is 0 Å². The van der Waals surface area contributed by atoms with Crippen molar-refractivity contribution in [1.82, 2.24) is 4.90 Å². The van der Waals surface area contributed by atoms with Gasteiger partial charge >= 0.3 is 5.97 Å². The molecule has 0 spiro atoms. The molecule has 96 valence electrons. The van der Waals surface area contributed by atoms with Crippen LogP contribution >= 0.6 is 0 Å². The fraction of sp³-hybridized carbons (Fsp3) is 0.818. The molecule has 0 aromatic rings. The zero-order valence-corrected chi connectivity index (χ0v) is 9.81. The molecule has 1 amide bonds. The Hall–Kier alpha value is -1.14. The molecule has 2 rings (SSSR count). The van der Waals surface area contributed by atoms with Crippen LogP contribution in [0.3, 0.4) is 0 Å². The molecule has 2 aliphatic heterocycles. The summed E-state index contributed by atoms with van der Waals surface area (Å²) < 4.78 is 5.15. The molecule has 6 heteroatoms. The number of rotatable bonds is 2. The number of carboxylic acids is 1. The molecule has 2 fully saturated rings. The summed E-state index contributed by atoms with van der Waals surface area (Å²) in [7, 11) is 0. The molecule has 2 N–H and O–H groups in total. The number of carbonyl (C=O) groups excluding carboxylic acids is 1. The molecule has 6 nitrogen and oxygen atoms in total. The number of hydrogen-bond acceptors (Lipinski definition) is 4. The molecule has 2 heterocycles. The Labute approximate surface area is 99.2 Å². The molecule has 0 atom stereocenters. The first kappa shape index (κ1) is 12.3. The van der Waals surface area contributed by atoms with E-state index in [0.29, 0.717) is 26.1 Å². The standard InChI is InChI=1S/C11H17NO5/c1-8(13)12-6-10(7-12,9(14)15)11(16)2-4-17-5-3-11/h16H,2-7H2,1H3,(H,14,15). The topological polar surface area (TPSA) is 87.1 Å². The summed E-state index contributed by atoms with van der Waals surface area (Å²) >= 11 is 0. The molecule has 2 aliphatic rings. The second-order valence-corrected chi connectivity index (χ2v) is 4.91. The van der Waals surface area contributed by atoms with Gasteiger partial charge in [0, 0.05) is 46.1 Å². The number of amides is 1. The molecule has 0 saturated carbocycles. The third-order valence-corrected chi connectivity index (χ3v) is 3.99. The van der Waals surface area contributed by atoms with Crippen molar-refractivity contribution in [3.05, 3.63) is 0 Å². The van der Waals surface area contributed by atoms with Crippen molar-refractivity contribution in [3.8, 4) is 0 Å². The van der Waals surface area contributed by atoms with Crippen molar-refractivity contribution in [2.24, 2.45) is 5.41 Å². The second-order valence-electron chi connectivity index (χ2n) is 4.91. The lowest BCUT2D eigenvalue weighted by molar-refractivity contribution is -0.214. The molecule has 2 saturated heterocycles. The van der Waals surface area contributed by atoms with Crippen LogP contribution in [0.4, 0.5) is 0 Å². The second kappa shape index (κ2) is 3.96. The summed E-state index contributed by atoms with van der Waals surface area (Å²) in [6.45, 7) is 2.32. The maximum absolute atomic E-state index is 11.4. The van der Waals surface area contributed by atoms with E-state index < -0.39 is 17.0 Å². The van der Waals surface area contributed by atoms with Crippen molar-refractivity contribution in [1.29, 1.82) is 0 Å². The number of likely N-dealkylation sites (tertiary alicyclic amines) is 1. The minimum atomic E-state index is -1.26. The van der Waals surface area contributed by atoms with E-state index in [1.807, 2.05) is 0 Å². The smallest absolute Gasteiger partial charge is 0.316 e. The Morgan fingerprint density at radius 3 is 2.18 bits per heavy atom. The van der Waals surface area contributed by atoms with Crippen LogP contribution in [-0.2, 0) is 14.3 Å². The zero-order chi connectivity index (χ0) is 12.7. The van der Waals surface area contributed by atoms with Gasteiger partial charge in [0.2, 0.25) is 5.91 Å². The lowest BCUT2D eigenvalue weighted by atomic mass is 9.63. The molecule has 0 aromatic carbocycles.